The molecular formula is C17H21IN2. The highest BCUT2D eigenvalue weighted by Crippen LogP contribution is 2.17. The first-order valence-corrected chi connectivity index (χ1v) is 8.14. The van der Waals surface area contributed by atoms with E-state index in [1.54, 1.807) is 0 Å². The van der Waals surface area contributed by atoms with Crippen LogP contribution in [0.5, 0.6) is 0 Å². The molecule has 0 aliphatic heterocycles. The summed E-state index contributed by atoms with van der Waals surface area (Å²) in [5, 5.41) is 3.46. The van der Waals surface area contributed by atoms with Crippen LogP contribution in [-0.4, -0.2) is 13.1 Å². The SMILES string of the molecule is CCN(CC)c1ccc(CNc2cccc(I)c2)cc1. The summed E-state index contributed by atoms with van der Waals surface area (Å²) < 4.78 is 1.25. The van der Waals surface area contributed by atoms with E-state index in [1.165, 1.54) is 20.5 Å². The fourth-order valence-corrected chi connectivity index (χ4v) is 2.76. The van der Waals surface area contributed by atoms with Crippen molar-refractivity contribution in [1.82, 2.24) is 0 Å². The Balaban J connectivity index is 1.97. The van der Waals surface area contributed by atoms with Crippen molar-refractivity contribution in [2.24, 2.45) is 0 Å². The van der Waals surface area contributed by atoms with Crippen LogP contribution in [0.2, 0.25) is 0 Å². The predicted octanol–water partition coefficient (Wildman–Crippen LogP) is 4.75. The van der Waals surface area contributed by atoms with E-state index in [1.807, 2.05) is 0 Å². The van der Waals surface area contributed by atoms with Gasteiger partial charge in [0.15, 0.2) is 0 Å². The molecule has 0 radical (unpaired) electrons. The number of anilines is 2. The molecule has 2 rings (SSSR count). The van der Waals surface area contributed by atoms with Crippen LogP contribution >= 0.6 is 22.6 Å². The monoisotopic (exact) mass is 380 g/mol. The highest BCUT2D eigenvalue weighted by Gasteiger charge is 2.01. The third-order valence-corrected chi connectivity index (χ3v) is 4.06. The zero-order valence-corrected chi connectivity index (χ0v) is 14.2. The average Bonchev–Trinajstić information content (AvgIpc) is 2.48. The molecule has 0 heterocycles. The highest BCUT2D eigenvalue weighted by atomic mass is 127. The summed E-state index contributed by atoms with van der Waals surface area (Å²) in [4.78, 5) is 2.36. The maximum Gasteiger partial charge on any atom is 0.0400 e. The Kier molecular flexibility index (Phi) is 5.71. The van der Waals surface area contributed by atoms with Crippen LogP contribution < -0.4 is 10.2 Å². The van der Waals surface area contributed by atoms with Crippen LogP contribution in [0.4, 0.5) is 11.4 Å². The van der Waals surface area contributed by atoms with Crippen LogP contribution in [0.3, 0.4) is 0 Å². The number of benzene rings is 2. The minimum atomic E-state index is 0.860. The summed E-state index contributed by atoms with van der Waals surface area (Å²) in [5.74, 6) is 0. The lowest BCUT2D eigenvalue weighted by molar-refractivity contribution is 0.865. The van der Waals surface area contributed by atoms with Gasteiger partial charge in [0.05, 0.1) is 0 Å². The minimum absolute atomic E-state index is 0.860. The van der Waals surface area contributed by atoms with E-state index in [0.29, 0.717) is 0 Å². The summed E-state index contributed by atoms with van der Waals surface area (Å²) in [7, 11) is 0. The maximum atomic E-state index is 3.46. The molecule has 2 aromatic carbocycles. The smallest absolute Gasteiger partial charge is 0.0400 e. The van der Waals surface area contributed by atoms with Gasteiger partial charge in [-0.2, -0.15) is 0 Å². The topological polar surface area (TPSA) is 15.3 Å². The van der Waals surface area contributed by atoms with E-state index in [4.69, 9.17) is 0 Å². The fourth-order valence-electron chi connectivity index (χ4n) is 2.22. The Hall–Kier alpha value is -1.23. The lowest BCUT2D eigenvalue weighted by atomic mass is 10.2. The first-order valence-electron chi connectivity index (χ1n) is 7.06. The molecule has 0 atom stereocenters. The van der Waals surface area contributed by atoms with Gasteiger partial charge in [0, 0.05) is 34.6 Å². The molecular weight excluding hydrogens is 359 g/mol. The Labute approximate surface area is 135 Å². The summed E-state index contributed by atoms with van der Waals surface area (Å²) in [5.41, 5.74) is 3.78. The molecule has 0 unspecified atom stereocenters. The molecule has 0 fully saturated rings. The van der Waals surface area contributed by atoms with Gasteiger partial charge in [0.1, 0.15) is 0 Å². The molecule has 0 saturated carbocycles. The van der Waals surface area contributed by atoms with Gasteiger partial charge in [-0.05, 0) is 72.3 Å². The van der Waals surface area contributed by atoms with Crippen LogP contribution in [0.15, 0.2) is 48.5 Å². The van der Waals surface area contributed by atoms with E-state index in [-0.39, 0.29) is 0 Å². The molecule has 0 aliphatic carbocycles. The van der Waals surface area contributed by atoms with Gasteiger partial charge < -0.3 is 10.2 Å². The third-order valence-electron chi connectivity index (χ3n) is 3.39. The van der Waals surface area contributed by atoms with E-state index in [9.17, 15) is 0 Å². The molecule has 2 nitrogen and oxygen atoms in total. The zero-order chi connectivity index (χ0) is 14.4. The molecule has 0 amide bonds. The van der Waals surface area contributed by atoms with Gasteiger partial charge in [-0.25, -0.2) is 0 Å². The molecule has 1 N–H and O–H groups in total. The van der Waals surface area contributed by atoms with Crippen LogP contribution in [-0.2, 0) is 6.54 Å². The number of nitrogens with one attached hydrogen (secondary N) is 1. The van der Waals surface area contributed by atoms with Crippen LogP contribution in [0.1, 0.15) is 19.4 Å². The summed E-state index contributed by atoms with van der Waals surface area (Å²) in [6.07, 6.45) is 0. The van der Waals surface area contributed by atoms with Crippen LogP contribution in [0.25, 0.3) is 0 Å². The van der Waals surface area contributed by atoms with E-state index >= 15 is 0 Å². The lowest BCUT2D eigenvalue weighted by Crippen LogP contribution is -2.21. The summed E-state index contributed by atoms with van der Waals surface area (Å²) in [6.45, 7) is 7.34. The second-order valence-corrected chi connectivity index (χ2v) is 5.95. The fraction of sp³-hybridized carbons (Fsp3) is 0.294. The maximum absolute atomic E-state index is 3.46. The number of hydrogen-bond donors (Lipinski definition) is 1. The van der Waals surface area contributed by atoms with Gasteiger partial charge in [0.2, 0.25) is 0 Å². The van der Waals surface area contributed by atoms with Gasteiger partial charge in [0.25, 0.3) is 0 Å². The Morgan fingerprint density at radius 1 is 1.00 bits per heavy atom. The molecule has 0 bridgehead atoms. The summed E-state index contributed by atoms with van der Waals surface area (Å²) >= 11 is 2.33. The zero-order valence-electron chi connectivity index (χ0n) is 12.1. The van der Waals surface area contributed by atoms with Crippen molar-refractivity contribution >= 4 is 34.0 Å². The standard InChI is InChI=1S/C17H21IN2/c1-3-20(4-2)17-10-8-14(9-11-17)13-19-16-7-5-6-15(18)12-16/h5-12,19H,3-4,13H2,1-2H3. The van der Waals surface area contributed by atoms with Gasteiger partial charge in [-0.15, -0.1) is 0 Å². The third kappa shape index (κ3) is 4.13. The minimum Gasteiger partial charge on any atom is -0.381 e. The number of hydrogen-bond acceptors (Lipinski definition) is 2. The molecule has 0 aliphatic rings. The van der Waals surface area contributed by atoms with Crippen molar-refractivity contribution < 1.29 is 0 Å². The summed E-state index contributed by atoms with van der Waals surface area (Å²) in [6, 6.07) is 17.3. The molecule has 0 saturated heterocycles. The van der Waals surface area contributed by atoms with Crippen molar-refractivity contribution in [3.63, 3.8) is 0 Å². The normalized spacial score (nSPS) is 10.3. The molecule has 106 valence electrons. The van der Waals surface area contributed by atoms with Crippen molar-refractivity contribution in [2.45, 2.75) is 20.4 Å². The largest absolute Gasteiger partial charge is 0.381 e. The highest BCUT2D eigenvalue weighted by molar-refractivity contribution is 14.1. The Morgan fingerprint density at radius 2 is 1.70 bits per heavy atom. The van der Waals surface area contributed by atoms with E-state index in [2.05, 4.69) is 95.2 Å². The van der Waals surface area contributed by atoms with Crippen LogP contribution in [0, 0.1) is 3.57 Å². The first-order chi connectivity index (χ1) is 9.72. The lowest BCUT2D eigenvalue weighted by Gasteiger charge is -2.21. The second-order valence-electron chi connectivity index (χ2n) is 4.70. The molecule has 0 spiro atoms. The van der Waals surface area contributed by atoms with E-state index < -0.39 is 0 Å². The van der Waals surface area contributed by atoms with Gasteiger partial charge >= 0.3 is 0 Å². The van der Waals surface area contributed by atoms with E-state index in [0.717, 1.165) is 19.6 Å². The number of nitrogens with zero attached hydrogens (tertiary/aromatic N) is 1. The van der Waals surface area contributed by atoms with Crippen molar-refractivity contribution in [1.29, 1.82) is 0 Å². The average molecular weight is 380 g/mol. The predicted molar refractivity (Wildman–Crippen MR) is 96.5 cm³/mol. The Morgan fingerprint density at radius 3 is 2.30 bits per heavy atom. The Bertz CT molecular complexity index is 533. The quantitative estimate of drug-likeness (QED) is 0.728. The van der Waals surface area contributed by atoms with Crippen molar-refractivity contribution in [2.75, 3.05) is 23.3 Å². The molecule has 20 heavy (non-hydrogen) atoms. The molecule has 0 aromatic heterocycles. The first kappa shape index (κ1) is 15.2. The second kappa shape index (κ2) is 7.53. The van der Waals surface area contributed by atoms with Gasteiger partial charge in [-0.1, -0.05) is 18.2 Å². The van der Waals surface area contributed by atoms with Crippen molar-refractivity contribution in [3.05, 3.63) is 57.7 Å². The van der Waals surface area contributed by atoms with Gasteiger partial charge in [-0.3, -0.25) is 0 Å². The molecule has 3 heteroatoms. The number of halogens is 1. The van der Waals surface area contributed by atoms with Crippen molar-refractivity contribution in [3.8, 4) is 0 Å². The molecule has 2 aromatic rings. The number of rotatable bonds is 6.